The summed E-state index contributed by atoms with van der Waals surface area (Å²) < 4.78 is 5.19. The minimum Gasteiger partial charge on any atom is -0.495 e. The molecule has 4 heteroatoms. The molecule has 0 fully saturated rings. The molecule has 20 heavy (non-hydrogen) atoms. The van der Waals surface area contributed by atoms with Gasteiger partial charge in [-0.05, 0) is 48.9 Å². The third kappa shape index (κ3) is 2.93. The number of hydrogen-bond donors (Lipinski definition) is 1. The van der Waals surface area contributed by atoms with Crippen LogP contribution in [-0.4, -0.2) is 14.2 Å². The molecule has 0 spiro atoms. The van der Waals surface area contributed by atoms with Gasteiger partial charge in [-0.3, -0.25) is 0 Å². The van der Waals surface area contributed by atoms with Crippen LogP contribution in [-0.2, 0) is 0 Å². The van der Waals surface area contributed by atoms with Gasteiger partial charge in [0.25, 0.3) is 0 Å². The van der Waals surface area contributed by atoms with Crippen LogP contribution in [0, 0.1) is 6.92 Å². The van der Waals surface area contributed by atoms with Gasteiger partial charge in [0.1, 0.15) is 5.75 Å². The standard InChI is InChI=1S/C16H17Cl2NO/c1-10-12(5-4-6-13(10)17)16(19-2)11-7-8-15(20-3)14(18)9-11/h4-9,16,19H,1-3H3. The van der Waals surface area contributed by atoms with Crippen LogP contribution < -0.4 is 10.1 Å². The molecule has 0 aliphatic rings. The Bertz CT molecular complexity index is 613. The zero-order chi connectivity index (χ0) is 14.7. The number of methoxy groups -OCH3 is 1. The van der Waals surface area contributed by atoms with Crippen molar-refractivity contribution in [3.63, 3.8) is 0 Å². The maximum atomic E-state index is 6.21. The fourth-order valence-electron chi connectivity index (χ4n) is 2.30. The van der Waals surface area contributed by atoms with Crippen LogP contribution >= 0.6 is 23.2 Å². The average molecular weight is 310 g/mol. The number of halogens is 2. The summed E-state index contributed by atoms with van der Waals surface area (Å²) in [5.74, 6) is 0.674. The van der Waals surface area contributed by atoms with Crippen molar-refractivity contribution in [2.75, 3.05) is 14.2 Å². The molecule has 2 aromatic rings. The summed E-state index contributed by atoms with van der Waals surface area (Å²) in [6.07, 6.45) is 0. The van der Waals surface area contributed by atoms with Crippen molar-refractivity contribution in [1.82, 2.24) is 5.32 Å². The average Bonchev–Trinajstić information content (AvgIpc) is 2.44. The molecule has 1 N–H and O–H groups in total. The third-order valence-electron chi connectivity index (χ3n) is 3.42. The van der Waals surface area contributed by atoms with Gasteiger partial charge in [0.15, 0.2) is 0 Å². The van der Waals surface area contributed by atoms with Crippen molar-refractivity contribution in [1.29, 1.82) is 0 Å². The zero-order valence-corrected chi connectivity index (χ0v) is 13.2. The van der Waals surface area contributed by atoms with Crippen LogP contribution in [0.25, 0.3) is 0 Å². The van der Waals surface area contributed by atoms with E-state index in [2.05, 4.69) is 11.4 Å². The van der Waals surface area contributed by atoms with Crippen molar-refractivity contribution >= 4 is 23.2 Å². The highest BCUT2D eigenvalue weighted by Gasteiger charge is 2.16. The molecule has 0 saturated carbocycles. The summed E-state index contributed by atoms with van der Waals surface area (Å²) in [7, 11) is 3.53. The molecule has 0 bridgehead atoms. The van der Waals surface area contributed by atoms with E-state index >= 15 is 0 Å². The highest BCUT2D eigenvalue weighted by Crippen LogP contribution is 2.32. The highest BCUT2D eigenvalue weighted by molar-refractivity contribution is 6.32. The Labute approximate surface area is 129 Å². The Hall–Kier alpha value is -1.22. The van der Waals surface area contributed by atoms with Gasteiger partial charge in [0.05, 0.1) is 18.2 Å². The predicted molar refractivity (Wildman–Crippen MR) is 85.1 cm³/mol. The van der Waals surface area contributed by atoms with E-state index in [-0.39, 0.29) is 6.04 Å². The quantitative estimate of drug-likeness (QED) is 0.890. The van der Waals surface area contributed by atoms with Crippen LogP contribution in [0.4, 0.5) is 0 Å². The van der Waals surface area contributed by atoms with Crippen LogP contribution in [0.1, 0.15) is 22.7 Å². The summed E-state index contributed by atoms with van der Waals surface area (Å²) in [5.41, 5.74) is 3.28. The molecule has 0 amide bonds. The van der Waals surface area contributed by atoms with Gasteiger partial charge in [-0.25, -0.2) is 0 Å². The summed E-state index contributed by atoms with van der Waals surface area (Å²) in [6, 6.07) is 11.8. The molecule has 106 valence electrons. The van der Waals surface area contributed by atoms with Crippen molar-refractivity contribution in [3.05, 3.63) is 63.1 Å². The first kappa shape index (κ1) is 15.2. The third-order valence-corrected chi connectivity index (χ3v) is 4.12. The lowest BCUT2D eigenvalue weighted by atomic mass is 9.95. The van der Waals surface area contributed by atoms with Crippen LogP contribution in [0.2, 0.25) is 10.0 Å². The van der Waals surface area contributed by atoms with E-state index in [0.29, 0.717) is 10.8 Å². The molecule has 2 nitrogen and oxygen atoms in total. The van der Waals surface area contributed by atoms with Crippen LogP contribution in [0.3, 0.4) is 0 Å². The lowest BCUT2D eigenvalue weighted by molar-refractivity contribution is 0.414. The zero-order valence-electron chi connectivity index (χ0n) is 11.7. The fourth-order valence-corrected chi connectivity index (χ4v) is 2.75. The topological polar surface area (TPSA) is 21.3 Å². The van der Waals surface area contributed by atoms with E-state index < -0.39 is 0 Å². The van der Waals surface area contributed by atoms with E-state index in [0.717, 1.165) is 21.7 Å². The molecule has 0 aliphatic carbocycles. The van der Waals surface area contributed by atoms with Gasteiger partial charge in [0, 0.05) is 5.02 Å². The van der Waals surface area contributed by atoms with Gasteiger partial charge < -0.3 is 10.1 Å². The van der Waals surface area contributed by atoms with E-state index in [4.69, 9.17) is 27.9 Å². The number of ether oxygens (including phenoxy) is 1. The Balaban J connectivity index is 2.47. The molecule has 0 saturated heterocycles. The van der Waals surface area contributed by atoms with Gasteiger partial charge in [0.2, 0.25) is 0 Å². The van der Waals surface area contributed by atoms with E-state index in [1.807, 2.05) is 44.3 Å². The normalized spacial score (nSPS) is 12.2. The Morgan fingerprint density at radius 1 is 1.10 bits per heavy atom. The summed E-state index contributed by atoms with van der Waals surface area (Å²) >= 11 is 12.4. The summed E-state index contributed by atoms with van der Waals surface area (Å²) in [4.78, 5) is 0. The molecule has 1 unspecified atom stereocenters. The molecule has 1 atom stereocenters. The first-order chi connectivity index (χ1) is 9.58. The second kappa shape index (κ2) is 6.49. The maximum Gasteiger partial charge on any atom is 0.137 e. The smallest absolute Gasteiger partial charge is 0.137 e. The second-order valence-corrected chi connectivity index (χ2v) is 5.38. The lowest BCUT2D eigenvalue weighted by Gasteiger charge is -2.20. The molecule has 2 aromatic carbocycles. The molecular weight excluding hydrogens is 293 g/mol. The van der Waals surface area contributed by atoms with Crippen molar-refractivity contribution < 1.29 is 4.74 Å². The molecule has 0 radical (unpaired) electrons. The van der Waals surface area contributed by atoms with Gasteiger partial charge in [-0.2, -0.15) is 0 Å². The first-order valence-corrected chi connectivity index (χ1v) is 7.09. The van der Waals surface area contributed by atoms with E-state index in [1.165, 1.54) is 0 Å². The second-order valence-electron chi connectivity index (χ2n) is 4.57. The molecule has 0 aromatic heterocycles. The van der Waals surface area contributed by atoms with Crippen molar-refractivity contribution in [3.8, 4) is 5.75 Å². The Kier molecular flexibility index (Phi) is 4.92. The number of nitrogens with one attached hydrogen (secondary N) is 1. The van der Waals surface area contributed by atoms with Crippen molar-refractivity contribution in [2.45, 2.75) is 13.0 Å². The largest absolute Gasteiger partial charge is 0.495 e. The van der Waals surface area contributed by atoms with E-state index in [9.17, 15) is 0 Å². The highest BCUT2D eigenvalue weighted by atomic mass is 35.5. The number of rotatable bonds is 4. The van der Waals surface area contributed by atoms with Gasteiger partial charge >= 0.3 is 0 Å². The van der Waals surface area contributed by atoms with E-state index in [1.54, 1.807) is 7.11 Å². The summed E-state index contributed by atoms with van der Waals surface area (Å²) in [5, 5.41) is 4.68. The monoisotopic (exact) mass is 309 g/mol. The summed E-state index contributed by atoms with van der Waals surface area (Å²) in [6.45, 7) is 2.02. The molecular formula is C16H17Cl2NO. The van der Waals surface area contributed by atoms with Crippen molar-refractivity contribution in [2.24, 2.45) is 0 Å². The molecule has 0 heterocycles. The first-order valence-electron chi connectivity index (χ1n) is 6.34. The number of hydrogen-bond acceptors (Lipinski definition) is 2. The number of benzene rings is 2. The SMILES string of the molecule is CNC(c1ccc(OC)c(Cl)c1)c1cccc(Cl)c1C. The maximum absolute atomic E-state index is 6.21. The minimum atomic E-state index is 0.0390. The molecule has 0 aliphatic heterocycles. The van der Waals surface area contributed by atoms with Gasteiger partial charge in [-0.15, -0.1) is 0 Å². The Morgan fingerprint density at radius 2 is 1.85 bits per heavy atom. The minimum absolute atomic E-state index is 0.0390. The molecule has 2 rings (SSSR count). The lowest BCUT2D eigenvalue weighted by Crippen LogP contribution is -2.18. The van der Waals surface area contributed by atoms with Crippen LogP contribution in [0.5, 0.6) is 5.75 Å². The predicted octanol–water partition coefficient (Wildman–Crippen LogP) is 4.62. The Morgan fingerprint density at radius 3 is 2.45 bits per heavy atom. The van der Waals surface area contributed by atoms with Gasteiger partial charge in [-0.1, -0.05) is 41.4 Å². The van der Waals surface area contributed by atoms with Crippen LogP contribution in [0.15, 0.2) is 36.4 Å². The fraction of sp³-hybridized carbons (Fsp3) is 0.250.